The molecule has 2 aromatic rings. The first-order chi connectivity index (χ1) is 11.4. The number of phenols is 2. The van der Waals surface area contributed by atoms with Crippen LogP contribution in [0.25, 0.3) is 0 Å². The average molecular weight is 327 g/mol. The quantitative estimate of drug-likeness (QED) is 0.885. The lowest BCUT2D eigenvalue weighted by Gasteiger charge is -2.28. The number of fused-ring (bicyclic) bond motifs is 1. The summed E-state index contributed by atoms with van der Waals surface area (Å²) in [4.78, 5) is 23.1. The van der Waals surface area contributed by atoms with Gasteiger partial charge in [-0.05, 0) is 24.5 Å². The zero-order valence-electron chi connectivity index (χ0n) is 14.1. The van der Waals surface area contributed by atoms with Crippen molar-refractivity contribution in [2.24, 2.45) is 0 Å². The van der Waals surface area contributed by atoms with E-state index in [4.69, 9.17) is 0 Å². The fourth-order valence-corrected chi connectivity index (χ4v) is 2.99. The monoisotopic (exact) mass is 327 g/mol. The molecule has 6 nitrogen and oxygen atoms in total. The number of carbonyl (C=O) groups is 1. The lowest BCUT2D eigenvalue weighted by molar-refractivity contribution is 0.0730. The number of benzene rings is 1. The third-order valence-corrected chi connectivity index (χ3v) is 4.34. The van der Waals surface area contributed by atoms with E-state index in [1.54, 1.807) is 17.2 Å². The molecule has 1 aliphatic heterocycles. The molecule has 2 N–H and O–H groups in total. The number of rotatable bonds is 2. The summed E-state index contributed by atoms with van der Waals surface area (Å²) in [5.41, 5.74) is 2.77. The highest BCUT2D eigenvalue weighted by atomic mass is 16.3. The molecule has 126 valence electrons. The number of nitrogens with zero attached hydrogens (tertiary/aromatic N) is 3. The standard InChI is InChI=1S/C18H21N3O3/c1-10(2)13-6-14(17(23)7-16(13)22)18(24)21-5-4-15-12(9-21)8-19-11(3)20-15/h6-8,10,22-23H,4-5,9H2,1-3H3. The lowest BCUT2D eigenvalue weighted by atomic mass is 9.97. The molecule has 2 heterocycles. The third kappa shape index (κ3) is 2.91. The summed E-state index contributed by atoms with van der Waals surface area (Å²) < 4.78 is 0. The molecule has 1 amide bonds. The minimum absolute atomic E-state index is 0.00640. The molecule has 0 spiro atoms. The Balaban J connectivity index is 1.90. The van der Waals surface area contributed by atoms with E-state index in [1.807, 2.05) is 20.8 Å². The van der Waals surface area contributed by atoms with Crippen LogP contribution in [0, 0.1) is 6.92 Å². The highest BCUT2D eigenvalue weighted by Gasteiger charge is 2.26. The maximum absolute atomic E-state index is 12.8. The van der Waals surface area contributed by atoms with Crippen LogP contribution < -0.4 is 0 Å². The van der Waals surface area contributed by atoms with Gasteiger partial charge >= 0.3 is 0 Å². The minimum atomic E-state index is -0.249. The van der Waals surface area contributed by atoms with Gasteiger partial charge in [0.1, 0.15) is 17.3 Å². The summed E-state index contributed by atoms with van der Waals surface area (Å²) in [5.74, 6) is 0.335. The number of aromatic hydroxyl groups is 2. The summed E-state index contributed by atoms with van der Waals surface area (Å²) in [5, 5.41) is 20.0. The van der Waals surface area contributed by atoms with Gasteiger partial charge in [-0.3, -0.25) is 4.79 Å². The zero-order chi connectivity index (χ0) is 17.4. The van der Waals surface area contributed by atoms with Crippen molar-refractivity contribution >= 4 is 5.91 Å². The molecule has 0 radical (unpaired) electrons. The molecule has 0 bridgehead atoms. The van der Waals surface area contributed by atoms with E-state index in [9.17, 15) is 15.0 Å². The van der Waals surface area contributed by atoms with Gasteiger partial charge in [0.15, 0.2) is 0 Å². The molecular weight excluding hydrogens is 306 g/mol. The van der Waals surface area contributed by atoms with Gasteiger partial charge < -0.3 is 15.1 Å². The molecular formula is C18H21N3O3. The number of hydrogen-bond donors (Lipinski definition) is 2. The lowest BCUT2D eigenvalue weighted by Crippen LogP contribution is -2.36. The van der Waals surface area contributed by atoms with Crippen LogP contribution in [0.5, 0.6) is 11.5 Å². The van der Waals surface area contributed by atoms with E-state index in [0.717, 1.165) is 17.1 Å². The largest absolute Gasteiger partial charge is 0.508 e. The number of aryl methyl sites for hydroxylation is 1. The Morgan fingerprint density at radius 3 is 2.71 bits per heavy atom. The summed E-state index contributed by atoms with van der Waals surface area (Å²) in [6.45, 7) is 6.67. The Bertz CT molecular complexity index is 802. The van der Waals surface area contributed by atoms with Gasteiger partial charge in [0.05, 0.1) is 11.3 Å². The zero-order valence-corrected chi connectivity index (χ0v) is 14.1. The van der Waals surface area contributed by atoms with Crippen LogP contribution in [0.4, 0.5) is 0 Å². The van der Waals surface area contributed by atoms with Crippen LogP contribution in [-0.2, 0) is 13.0 Å². The third-order valence-electron chi connectivity index (χ3n) is 4.34. The maximum atomic E-state index is 12.8. The molecule has 1 aromatic carbocycles. The summed E-state index contributed by atoms with van der Waals surface area (Å²) >= 11 is 0. The summed E-state index contributed by atoms with van der Waals surface area (Å²) in [6, 6.07) is 2.83. The number of carbonyl (C=O) groups excluding carboxylic acids is 1. The fraction of sp³-hybridized carbons (Fsp3) is 0.389. The molecule has 0 aliphatic carbocycles. The van der Waals surface area contributed by atoms with E-state index in [2.05, 4.69) is 9.97 Å². The van der Waals surface area contributed by atoms with E-state index in [1.165, 1.54) is 6.07 Å². The van der Waals surface area contributed by atoms with Gasteiger partial charge in [-0.25, -0.2) is 9.97 Å². The molecule has 1 aliphatic rings. The van der Waals surface area contributed by atoms with Gasteiger partial charge in [0.25, 0.3) is 5.91 Å². The highest BCUT2D eigenvalue weighted by molar-refractivity contribution is 5.97. The van der Waals surface area contributed by atoms with Crippen LogP contribution in [-0.4, -0.2) is 37.5 Å². The minimum Gasteiger partial charge on any atom is -0.508 e. The van der Waals surface area contributed by atoms with Crippen LogP contribution in [0.1, 0.15) is 52.8 Å². The number of amides is 1. The SMILES string of the molecule is Cc1ncc2c(n1)CCN(C(=O)c1cc(C(C)C)c(O)cc1O)C2. The first kappa shape index (κ1) is 16.2. The van der Waals surface area contributed by atoms with Gasteiger partial charge in [-0.15, -0.1) is 0 Å². The second-order valence-electron chi connectivity index (χ2n) is 6.45. The Hall–Kier alpha value is -2.63. The van der Waals surface area contributed by atoms with Crippen molar-refractivity contribution in [2.45, 2.75) is 39.7 Å². The predicted octanol–water partition coefficient (Wildman–Crippen LogP) is 2.52. The maximum Gasteiger partial charge on any atom is 0.257 e. The van der Waals surface area contributed by atoms with Crippen molar-refractivity contribution in [1.82, 2.24) is 14.9 Å². The van der Waals surface area contributed by atoms with E-state index >= 15 is 0 Å². The van der Waals surface area contributed by atoms with E-state index in [-0.39, 0.29) is 28.9 Å². The molecule has 24 heavy (non-hydrogen) atoms. The highest BCUT2D eigenvalue weighted by Crippen LogP contribution is 2.33. The summed E-state index contributed by atoms with van der Waals surface area (Å²) in [6.07, 6.45) is 2.42. The Kier molecular flexibility index (Phi) is 4.13. The van der Waals surface area contributed by atoms with Crippen molar-refractivity contribution in [3.63, 3.8) is 0 Å². The number of hydrogen-bond acceptors (Lipinski definition) is 5. The Morgan fingerprint density at radius 2 is 2.00 bits per heavy atom. The van der Waals surface area contributed by atoms with Crippen LogP contribution in [0.15, 0.2) is 18.3 Å². The average Bonchev–Trinajstić information content (AvgIpc) is 2.53. The Labute approximate surface area is 140 Å². The molecule has 0 saturated heterocycles. The van der Waals surface area contributed by atoms with Crippen molar-refractivity contribution in [3.8, 4) is 11.5 Å². The predicted molar refractivity (Wildman–Crippen MR) is 89.1 cm³/mol. The topological polar surface area (TPSA) is 86.6 Å². The first-order valence-corrected chi connectivity index (χ1v) is 8.03. The van der Waals surface area contributed by atoms with Gasteiger partial charge in [0, 0.05) is 37.3 Å². The van der Waals surface area contributed by atoms with Crippen LogP contribution in [0.3, 0.4) is 0 Å². The first-order valence-electron chi connectivity index (χ1n) is 8.03. The molecule has 6 heteroatoms. The van der Waals surface area contributed by atoms with Gasteiger partial charge in [-0.1, -0.05) is 13.8 Å². The fourth-order valence-electron chi connectivity index (χ4n) is 2.99. The van der Waals surface area contributed by atoms with Crippen molar-refractivity contribution in [2.75, 3.05) is 6.54 Å². The molecule has 0 saturated carbocycles. The molecule has 0 fully saturated rings. The summed E-state index contributed by atoms with van der Waals surface area (Å²) in [7, 11) is 0. The van der Waals surface area contributed by atoms with Crippen LogP contribution >= 0.6 is 0 Å². The second-order valence-corrected chi connectivity index (χ2v) is 6.45. The van der Waals surface area contributed by atoms with Crippen molar-refractivity contribution in [1.29, 1.82) is 0 Å². The number of aromatic nitrogens is 2. The molecule has 0 unspecified atom stereocenters. The van der Waals surface area contributed by atoms with Gasteiger partial charge in [-0.2, -0.15) is 0 Å². The number of phenolic OH excluding ortho intramolecular Hbond substituents is 2. The molecule has 0 atom stereocenters. The molecule has 3 rings (SSSR count). The smallest absolute Gasteiger partial charge is 0.257 e. The van der Waals surface area contributed by atoms with Gasteiger partial charge in [0.2, 0.25) is 0 Å². The normalized spacial score (nSPS) is 13.9. The van der Waals surface area contributed by atoms with E-state index in [0.29, 0.717) is 25.1 Å². The van der Waals surface area contributed by atoms with Crippen molar-refractivity contribution in [3.05, 3.63) is 46.5 Å². The Morgan fingerprint density at radius 1 is 1.25 bits per heavy atom. The van der Waals surface area contributed by atoms with E-state index < -0.39 is 0 Å². The second kappa shape index (κ2) is 6.11. The van der Waals surface area contributed by atoms with Crippen molar-refractivity contribution < 1.29 is 15.0 Å². The van der Waals surface area contributed by atoms with Crippen LogP contribution in [0.2, 0.25) is 0 Å². The molecule has 1 aromatic heterocycles.